The minimum Gasteiger partial charge on any atom is -0.477 e. The maximum absolute atomic E-state index is 10.8. The van der Waals surface area contributed by atoms with Crippen LogP contribution < -0.4 is 0 Å². The zero-order valence-corrected chi connectivity index (χ0v) is 7.88. The van der Waals surface area contributed by atoms with Crippen molar-refractivity contribution >= 4 is 22.9 Å². The fourth-order valence-corrected chi connectivity index (χ4v) is 2.33. The third-order valence-electron chi connectivity index (χ3n) is 2.05. The summed E-state index contributed by atoms with van der Waals surface area (Å²) in [6.45, 7) is 1.60. The second kappa shape index (κ2) is 3.41. The average Bonchev–Trinajstić information content (AvgIpc) is 2.36. The van der Waals surface area contributed by atoms with Gasteiger partial charge in [0.05, 0.1) is 0 Å². The molecule has 0 spiro atoms. The number of amidine groups is 1. The molecule has 0 amide bonds. The largest absolute Gasteiger partial charge is 0.477 e. The van der Waals surface area contributed by atoms with Crippen molar-refractivity contribution in [1.82, 2.24) is 4.90 Å². The first-order valence-electron chi connectivity index (χ1n) is 4.21. The molecule has 0 aliphatic carbocycles. The molecule has 0 fully saturated rings. The highest BCUT2D eigenvalue weighted by atomic mass is 32.2. The van der Waals surface area contributed by atoms with Crippen molar-refractivity contribution in [3.8, 4) is 0 Å². The van der Waals surface area contributed by atoms with Crippen LogP contribution in [0.4, 0.5) is 0 Å². The first kappa shape index (κ1) is 8.62. The molecule has 4 nitrogen and oxygen atoms in total. The van der Waals surface area contributed by atoms with Gasteiger partial charge in [-0.15, -0.1) is 0 Å². The van der Waals surface area contributed by atoms with E-state index in [0.29, 0.717) is 5.70 Å². The first-order chi connectivity index (χ1) is 6.29. The van der Waals surface area contributed by atoms with Crippen LogP contribution in [0.2, 0.25) is 0 Å². The van der Waals surface area contributed by atoms with Crippen LogP contribution in [0.5, 0.6) is 0 Å². The van der Waals surface area contributed by atoms with Crippen molar-refractivity contribution in [2.45, 2.75) is 12.8 Å². The zero-order chi connectivity index (χ0) is 9.26. The van der Waals surface area contributed by atoms with Crippen LogP contribution in [0.15, 0.2) is 16.1 Å². The molecule has 0 radical (unpaired) electrons. The zero-order valence-electron chi connectivity index (χ0n) is 7.06. The average molecular weight is 198 g/mol. The number of nitrogens with zero attached hydrogens (tertiary/aromatic N) is 2. The fraction of sp³-hybridized carbons (Fsp3) is 0.500. The minimum atomic E-state index is -0.861. The summed E-state index contributed by atoms with van der Waals surface area (Å²) in [5, 5.41) is 11.4. The van der Waals surface area contributed by atoms with Crippen molar-refractivity contribution in [1.29, 1.82) is 0 Å². The summed E-state index contributed by atoms with van der Waals surface area (Å²) in [5.41, 5.74) is 0.366. The summed E-state index contributed by atoms with van der Waals surface area (Å²) in [5.74, 6) is -0.861. The van der Waals surface area contributed by atoms with E-state index in [1.807, 2.05) is 0 Å². The third-order valence-corrected chi connectivity index (χ3v) is 2.96. The molecule has 5 heteroatoms. The lowest BCUT2D eigenvalue weighted by Gasteiger charge is -2.17. The number of carboxylic acids is 1. The Hall–Kier alpha value is -0.970. The summed E-state index contributed by atoms with van der Waals surface area (Å²) < 4.78 is 0. The summed E-state index contributed by atoms with van der Waals surface area (Å²) in [7, 11) is 0. The van der Waals surface area contributed by atoms with Crippen LogP contribution in [0.1, 0.15) is 12.8 Å². The molecule has 0 saturated carbocycles. The molecule has 70 valence electrons. The first-order valence-corrected chi connectivity index (χ1v) is 5.09. The van der Waals surface area contributed by atoms with Crippen molar-refractivity contribution in [2.24, 2.45) is 4.99 Å². The monoisotopic (exact) mass is 198 g/mol. The van der Waals surface area contributed by atoms with E-state index in [4.69, 9.17) is 5.11 Å². The lowest BCUT2D eigenvalue weighted by atomic mass is 10.3. The van der Waals surface area contributed by atoms with Gasteiger partial charge in [0.2, 0.25) is 0 Å². The summed E-state index contributed by atoms with van der Waals surface area (Å²) >= 11 is 1.41. The summed E-state index contributed by atoms with van der Waals surface area (Å²) in [4.78, 5) is 16.9. The van der Waals surface area contributed by atoms with Crippen molar-refractivity contribution < 1.29 is 9.90 Å². The van der Waals surface area contributed by atoms with Gasteiger partial charge in [-0.3, -0.25) is 4.99 Å². The molecule has 0 bridgehead atoms. The molecule has 2 rings (SSSR count). The van der Waals surface area contributed by atoms with Crippen LogP contribution in [0.3, 0.4) is 0 Å². The van der Waals surface area contributed by atoms with Gasteiger partial charge < -0.3 is 10.0 Å². The molecule has 0 aromatic heterocycles. The number of hydrogen-bond donors (Lipinski definition) is 1. The van der Waals surface area contributed by atoms with E-state index in [9.17, 15) is 4.79 Å². The molecule has 0 saturated heterocycles. The number of aliphatic imine (C=N–C) groups is 1. The van der Waals surface area contributed by atoms with Gasteiger partial charge in [0.25, 0.3) is 0 Å². The summed E-state index contributed by atoms with van der Waals surface area (Å²) in [6, 6.07) is 0. The smallest absolute Gasteiger partial charge is 0.353 e. The topological polar surface area (TPSA) is 52.9 Å². The quantitative estimate of drug-likeness (QED) is 0.685. The molecular formula is C8H10N2O2S. The van der Waals surface area contributed by atoms with Gasteiger partial charge in [0.15, 0.2) is 5.17 Å². The van der Waals surface area contributed by atoms with Crippen LogP contribution in [0.25, 0.3) is 0 Å². The SMILES string of the molecule is O=C(O)C1=CSC2=NCCCCN12. The molecule has 0 aromatic carbocycles. The lowest BCUT2D eigenvalue weighted by molar-refractivity contribution is -0.133. The van der Waals surface area contributed by atoms with E-state index in [-0.39, 0.29) is 0 Å². The summed E-state index contributed by atoms with van der Waals surface area (Å²) in [6.07, 6.45) is 2.06. The number of carboxylic acid groups (broad SMARTS) is 1. The number of aliphatic carboxylic acids is 1. The van der Waals surface area contributed by atoms with Crippen LogP contribution in [-0.2, 0) is 4.79 Å². The van der Waals surface area contributed by atoms with E-state index >= 15 is 0 Å². The third kappa shape index (κ3) is 1.56. The highest BCUT2D eigenvalue weighted by molar-refractivity contribution is 8.16. The number of thioether (sulfide) groups is 1. The van der Waals surface area contributed by atoms with Crippen LogP contribution in [-0.4, -0.2) is 34.2 Å². The van der Waals surface area contributed by atoms with Crippen molar-refractivity contribution in [3.05, 3.63) is 11.1 Å². The molecular weight excluding hydrogens is 188 g/mol. The number of fused-ring (bicyclic) bond motifs is 1. The second-order valence-corrected chi connectivity index (χ2v) is 3.79. The Morgan fingerprint density at radius 2 is 2.46 bits per heavy atom. The molecule has 0 atom stereocenters. The van der Waals surface area contributed by atoms with Crippen molar-refractivity contribution in [2.75, 3.05) is 13.1 Å². The van der Waals surface area contributed by atoms with Gasteiger partial charge >= 0.3 is 5.97 Å². The van der Waals surface area contributed by atoms with E-state index < -0.39 is 5.97 Å². The minimum absolute atomic E-state index is 0.366. The number of carbonyl (C=O) groups is 1. The number of rotatable bonds is 1. The Kier molecular flexibility index (Phi) is 2.26. The predicted molar refractivity (Wildman–Crippen MR) is 51.6 cm³/mol. The predicted octanol–water partition coefficient (Wildman–Crippen LogP) is 1.11. The van der Waals surface area contributed by atoms with Gasteiger partial charge in [-0.2, -0.15) is 0 Å². The Labute approximate surface area is 80.3 Å². The van der Waals surface area contributed by atoms with Crippen LogP contribution in [0, 0.1) is 0 Å². The van der Waals surface area contributed by atoms with E-state index in [1.165, 1.54) is 11.8 Å². The molecule has 13 heavy (non-hydrogen) atoms. The Morgan fingerprint density at radius 1 is 1.62 bits per heavy atom. The second-order valence-electron chi connectivity index (χ2n) is 2.95. The fourth-order valence-electron chi connectivity index (χ4n) is 1.40. The maximum atomic E-state index is 10.8. The van der Waals surface area contributed by atoms with Gasteiger partial charge in [0, 0.05) is 18.5 Å². The van der Waals surface area contributed by atoms with Crippen molar-refractivity contribution in [3.63, 3.8) is 0 Å². The Balaban J connectivity index is 2.22. The Bertz CT molecular complexity index is 299. The molecule has 2 aliphatic rings. The van der Waals surface area contributed by atoms with E-state index in [2.05, 4.69) is 4.99 Å². The number of hydrogen-bond acceptors (Lipinski definition) is 4. The standard InChI is InChI=1S/C8H10N2O2S/c11-7(12)6-5-13-8-9-3-1-2-4-10(6)8/h5H,1-4H2,(H,11,12). The van der Waals surface area contributed by atoms with Crippen LogP contribution >= 0.6 is 11.8 Å². The van der Waals surface area contributed by atoms with E-state index in [1.54, 1.807) is 10.3 Å². The normalized spacial score (nSPS) is 21.7. The molecule has 2 heterocycles. The highest BCUT2D eigenvalue weighted by Gasteiger charge is 2.27. The van der Waals surface area contributed by atoms with Gasteiger partial charge in [-0.05, 0) is 12.8 Å². The van der Waals surface area contributed by atoms with Gasteiger partial charge in [0.1, 0.15) is 5.70 Å². The Morgan fingerprint density at radius 3 is 3.23 bits per heavy atom. The van der Waals surface area contributed by atoms with Gasteiger partial charge in [-0.25, -0.2) is 4.79 Å². The van der Waals surface area contributed by atoms with E-state index in [0.717, 1.165) is 31.1 Å². The molecule has 0 unspecified atom stereocenters. The molecule has 2 aliphatic heterocycles. The lowest BCUT2D eigenvalue weighted by Crippen LogP contribution is -2.28. The van der Waals surface area contributed by atoms with Gasteiger partial charge in [-0.1, -0.05) is 11.8 Å². The molecule has 0 aromatic rings. The molecule has 1 N–H and O–H groups in total. The maximum Gasteiger partial charge on any atom is 0.353 e. The highest BCUT2D eigenvalue weighted by Crippen LogP contribution is 2.28.